The summed E-state index contributed by atoms with van der Waals surface area (Å²) in [6, 6.07) is 1.88. The van der Waals surface area contributed by atoms with Gasteiger partial charge in [0.05, 0.1) is 12.6 Å². The van der Waals surface area contributed by atoms with Gasteiger partial charge in [-0.1, -0.05) is 24.9 Å². The summed E-state index contributed by atoms with van der Waals surface area (Å²) in [6.07, 6.45) is 8.37. The lowest BCUT2D eigenvalue weighted by molar-refractivity contribution is -0.122. The third-order valence-corrected chi connectivity index (χ3v) is 4.70. The molecular formula is C17H26N6O2. The highest BCUT2D eigenvalue weighted by Gasteiger charge is 2.35. The van der Waals surface area contributed by atoms with Crippen LogP contribution in [0.1, 0.15) is 44.8 Å². The van der Waals surface area contributed by atoms with E-state index in [2.05, 4.69) is 32.4 Å². The zero-order chi connectivity index (χ0) is 17.6. The molecule has 8 heteroatoms. The fraction of sp³-hybridized carbons (Fsp3) is 0.647. The number of amides is 1. The number of likely N-dealkylation sites (tertiary alicyclic amines) is 1. The van der Waals surface area contributed by atoms with E-state index in [0.717, 1.165) is 45.2 Å². The molecule has 2 aromatic rings. The topological polar surface area (TPSA) is 89.1 Å². The van der Waals surface area contributed by atoms with Crippen molar-refractivity contribution in [1.82, 2.24) is 24.8 Å². The van der Waals surface area contributed by atoms with Crippen molar-refractivity contribution in [2.75, 3.05) is 11.9 Å². The number of carbonyl (C=O) groups is 1. The average molecular weight is 346 g/mol. The van der Waals surface area contributed by atoms with Crippen molar-refractivity contribution >= 4 is 11.7 Å². The van der Waals surface area contributed by atoms with Crippen molar-refractivity contribution in [3.8, 4) is 0 Å². The van der Waals surface area contributed by atoms with Crippen LogP contribution >= 0.6 is 0 Å². The highest BCUT2D eigenvalue weighted by Crippen LogP contribution is 2.25. The number of aromatic nitrogens is 4. The van der Waals surface area contributed by atoms with Crippen LogP contribution in [0.25, 0.3) is 0 Å². The normalized spacial score (nSPS) is 19.2. The molecular weight excluding hydrogens is 320 g/mol. The molecule has 136 valence electrons. The van der Waals surface area contributed by atoms with Crippen LogP contribution in [0.3, 0.4) is 0 Å². The molecule has 1 aliphatic rings. The molecule has 0 radical (unpaired) electrons. The Kier molecular flexibility index (Phi) is 5.80. The lowest BCUT2D eigenvalue weighted by Crippen LogP contribution is -2.47. The number of carbonyl (C=O) groups excluding carboxylic acids is 1. The van der Waals surface area contributed by atoms with E-state index in [1.165, 1.54) is 0 Å². The second kappa shape index (κ2) is 8.24. The van der Waals surface area contributed by atoms with Gasteiger partial charge in [0.25, 0.3) is 0 Å². The van der Waals surface area contributed by atoms with Crippen molar-refractivity contribution in [3.05, 3.63) is 24.5 Å². The summed E-state index contributed by atoms with van der Waals surface area (Å²) in [7, 11) is 0. The Morgan fingerprint density at radius 2 is 2.40 bits per heavy atom. The minimum atomic E-state index is -0.159. The first-order valence-corrected chi connectivity index (χ1v) is 8.99. The molecule has 1 amide bonds. The summed E-state index contributed by atoms with van der Waals surface area (Å²) >= 11 is 0. The first-order chi connectivity index (χ1) is 12.2. The lowest BCUT2D eigenvalue weighted by Gasteiger charge is -2.32. The predicted octanol–water partition coefficient (Wildman–Crippen LogP) is 2.24. The van der Waals surface area contributed by atoms with Crippen molar-refractivity contribution in [3.63, 3.8) is 0 Å². The quantitative estimate of drug-likeness (QED) is 0.788. The molecule has 3 rings (SSSR count). The van der Waals surface area contributed by atoms with E-state index in [1.54, 1.807) is 18.7 Å². The Morgan fingerprint density at radius 1 is 1.52 bits per heavy atom. The third-order valence-electron chi connectivity index (χ3n) is 4.70. The molecule has 25 heavy (non-hydrogen) atoms. The van der Waals surface area contributed by atoms with Gasteiger partial charge in [0, 0.05) is 12.1 Å². The van der Waals surface area contributed by atoms with E-state index in [9.17, 15) is 4.79 Å². The van der Waals surface area contributed by atoms with Gasteiger partial charge in [0.1, 0.15) is 18.4 Å². The monoisotopic (exact) mass is 346 g/mol. The van der Waals surface area contributed by atoms with Gasteiger partial charge >= 0.3 is 0 Å². The molecule has 2 atom stereocenters. The Balaban J connectivity index is 1.70. The van der Waals surface area contributed by atoms with E-state index in [4.69, 9.17) is 4.52 Å². The predicted molar refractivity (Wildman–Crippen MR) is 92.9 cm³/mol. The van der Waals surface area contributed by atoms with Gasteiger partial charge in [-0.25, -0.2) is 4.98 Å². The maximum atomic E-state index is 12.9. The lowest BCUT2D eigenvalue weighted by atomic mass is 10.1. The number of anilines is 1. The molecule has 0 saturated carbocycles. The minimum absolute atomic E-state index is 0.00718. The standard InChI is InChI=1S/C17H26N6O2/c1-3-4-7-15(17(24)20-16-9-13(2)25-21-16)23-8-5-6-14(23)10-22-12-18-11-19-22/h9,11-12,14-15H,3-8,10H2,1-2H3,(H,20,21,24). The highest BCUT2D eigenvalue weighted by molar-refractivity contribution is 5.94. The van der Waals surface area contributed by atoms with Crippen LogP contribution in [-0.4, -0.2) is 49.4 Å². The summed E-state index contributed by atoms with van der Waals surface area (Å²) in [5.74, 6) is 1.16. The van der Waals surface area contributed by atoms with Crippen LogP contribution in [0.5, 0.6) is 0 Å². The van der Waals surface area contributed by atoms with Crippen LogP contribution in [0.15, 0.2) is 23.2 Å². The molecule has 3 heterocycles. The molecule has 0 aromatic carbocycles. The van der Waals surface area contributed by atoms with Crippen LogP contribution < -0.4 is 5.32 Å². The smallest absolute Gasteiger partial charge is 0.242 e. The highest BCUT2D eigenvalue weighted by atomic mass is 16.5. The summed E-state index contributed by atoms with van der Waals surface area (Å²) in [5, 5.41) is 11.0. The van der Waals surface area contributed by atoms with Crippen LogP contribution in [0.4, 0.5) is 5.82 Å². The number of nitrogens with zero attached hydrogens (tertiary/aromatic N) is 5. The van der Waals surface area contributed by atoms with Crippen molar-refractivity contribution in [1.29, 1.82) is 0 Å². The molecule has 1 fully saturated rings. The molecule has 0 spiro atoms. The first kappa shape index (κ1) is 17.6. The van der Waals surface area contributed by atoms with E-state index < -0.39 is 0 Å². The molecule has 8 nitrogen and oxygen atoms in total. The molecule has 1 aliphatic heterocycles. The zero-order valence-electron chi connectivity index (χ0n) is 14.9. The Labute approximate surface area is 147 Å². The first-order valence-electron chi connectivity index (χ1n) is 8.99. The Hall–Kier alpha value is -2.22. The van der Waals surface area contributed by atoms with E-state index in [1.807, 2.05) is 11.6 Å². The van der Waals surface area contributed by atoms with Gasteiger partial charge in [-0.2, -0.15) is 5.10 Å². The second-order valence-electron chi connectivity index (χ2n) is 6.62. The molecule has 2 aromatic heterocycles. The summed E-state index contributed by atoms with van der Waals surface area (Å²) < 4.78 is 6.89. The summed E-state index contributed by atoms with van der Waals surface area (Å²) in [5.41, 5.74) is 0. The van der Waals surface area contributed by atoms with Gasteiger partial charge in [-0.15, -0.1) is 0 Å². The SMILES string of the molecule is CCCCC(C(=O)Nc1cc(C)on1)N1CCCC1Cn1cncn1. The second-order valence-corrected chi connectivity index (χ2v) is 6.62. The fourth-order valence-corrected chi connectivity index (χ4v) is 3.49. The number of rotatable bonds is 8. The average Bonchev–Trinajstić information content (AvgIpc) is 3.32. The van der Waals surface area contributed by atoms with E-state index >= 15 is 0 Å². The van der Waals surface area contributed by atoms with E-state index in [0.29, 0.717) is 17.6 Å². The molecule has 1 N–H and O–H groups in total. The molecule has 1 saturated heterocycles. The largest absolute Gasteiger partial charge is 0.360 e. The minimum Gasteiger partial charge on any atom is -0.360 e. The van der Waals surface area contributed by atoms with Crippen molar-refractivity contribution in [2.45, 2.75) is 64.6 Å². The van der Waals surface area contributed by atoms with Crippen LogP contribution in [0, 0.1) is 6.92 Å². The Morgan fingerprint density at radius 3 is 3.08 bits per heavy atom. The maximum Gasteiger partial charge on any atom is 0.242 e. The van der Waals surface area contributed by atoms with Gasteiger partial charge in [-0.05, 0) is 32.7 Å². The number of aryl methyl sites for hydroxylation is 1. The molecule has 0 aliphatic carbocycles. The van der Waals surface area contributed by atoms with Crippen molar-refractivity contribution < 1.29 is 9.32 Å². The summed E-state index contributed by atoms with van der Waals surface area (Å²) in [4.78, 5) is 19.2. The van der Waals surface area contributed by atoms with Gasteiger partial charge in [-0.3, -0.25) is 14.4 Å². The van der Waals surface area contributed by atoms with Gasteiger partial charge < -0.3 is 9.84 Å². The van der Waals surface area contributed by atoms with Gasteiger partial charge in [0.15, 0.2) is 5.82 Å². The van der Waals surface area contributed by atoms with Crippen LogP contribution in [-0.2, 0) is 11.3 Å². The number of nitrogens with one attached hydrogen (secondary N) is 1. The molecule has 0 bridgehead atoms. The third kappa shape index (κ3) is 4.45. The van der Waals surface area contributed by atoms with Gasteiger partial charge in [0.2, 0.25) is 5.91 Å². The number of hydrogen-bond acceptors (Lipinski definition) is 6. The molecule has 2 unspecified atom stereocenters. The maximum absolute atomic E-state index is 12.9. The van der Waals surface area contributed by atoms with E-state index in [-0.39, 0.29) is 11.9 Å². The fourth-order valence-electron chi connectivity index (χ4n) is 3.49. The van der Waals surface area contributed by atoms with Crippen molar-refractivity contribution in [2.24, 2.45) is 0 Å². The van der Waals surface area contributed by atoms with Crippen LogP contribution in [0.2, 0.25) is 0 Å². The Bertz CT molecular complexity index is 668. The number of hydrogen-bond donors (Lipinski definition) is 1. The number of unbranched alkanes of at least 4 members (excludes halogenated alkanes) is 1. The summed E-state index contributed by atoms with van der Waals surface area (Å²) in [6.45, 7) is 5.65. The zero-order valence-corrected chi connectivity index (χ0v) is 14.9.